The van der Waals surface area contributed by atoms with E-state index >= 15 is 0 Å². The molecule has 1 amide bonds. The van der Waals surface area contributed by atoms with Crippen molar-refractivity contribution >= 4 is 45.7 Å². The number of carbonyl (C=O) groups is 2. The van der Waals surface area contributed by atoms with Crippen molar-refractivity contribution in [1.82, 2.24) is 10.3 Å². The fourth-order valence-electron chi connectivity index (χ4n) is 3.34. The third kappa shape index (κ3) is 4.71. The molecule has 3 rings (SSSR count). The maximum atomic E-state index is 12.6. The molecule has 152 valence electrons. The molecular weight excluding hydrogens is 404 g/mol. The summed E-state index contributed by atoms with van der Waals surface area (Å²) >= 11 is 7.49. The number of amides is 1. The maximum absolute atomic E-state index is 12.6. The second kappa shape index (κ2) is 9.02. The maximum Gasteiger partial charge on any atom is 0.309 e. The molecular formula is C18H23ClN4O4S. The topological polar surface area (TPSA) is 104 Å². The molecule has 28 heavy (non-hydrogen) atoms. The number of carboxylic acid groups (broad SMARTS) is 1. The standard InChI is InChI=1S/C18H23ClN4O4S/c1-3-10-6-13(21-16(10)19)17(26)22-12-4-5-23(8-14(12)27-2)18-20-11(9-28-18)7-15(24)25/h9,12,14H,3-8H2,1-2H3,(H,22,26)(H,24,25)/t12-,14+/m1/s1. The number of nitrogens with one attached hydrogen (secondary N) is 1. The van der Waals surface area contributed by atoms with Crippen LogP contribution in [0.4, 0.5) is 5.13 Å². The number of aliphatic carboxylic acids is 1. The van der Waals surface area contributed by atoms with Gasteiger partial charge in [-0.3, -0.25) is 9.59 Å². The zero-order chi connectivity index (χ0) is 20.3. The molecule has 0 aliphatic carbocycles. The van der Waals surface area contributed by atoms with E-state index in [0.717, 1.165) is 17.1 Å². The smallest absolute Gasteiger partial charge is 0.309 e. The first-order valence-electron chi connectivity index (χ1n) is 9.11. The predicted octanol–water partition coefficient (Wildman–Crippen LogP) is 2.19. The molecule has 0 unspecified atom stereocenters. The van der Waals surface area contributed by atoms with Crippen LogP contribution < -0.4 is 10.2 Å². The zero-order valence-corrected chi connectivity index (χ0v) is 17.3. The summed E-state index contributed by atoms with van der Waals surface area (Å²) in [6.45, 7) is 3.24. The first-order chi connectivity index (χ1) is 13.4. The van der Waals surface area contributed by atoms with Crippen LogP contribution in [0.15, 0.2) is 21.1 Å². The van der Waals surface area contributed by atoms with Crippen molar-refractivity contribution in [2.24, 2.45) is 4.99 Å². The van der Waals surface area contributed by atoms with Gasteiger partial charge in [0.05, 0.1) is 24.3 Å². The van der Waals surface area contributed by atoms with Gasteiger partial charge in [0.2, 0.25) is 0 Å². The Labute approximate surface area is 172 Å². The van der Waals surface area contributed by atoms with Crippen molar-refractivity contribution in [3.63, 3.8) is 0 Å². The lowest BCUT2D eigenvalue weighted by molar-refractivity contribution is -0.136. The number of anilines is 1. The van der Waals surface area contributed by atoms with Gasteiger partial charge in [-0.1, -0.05) is 18.5 Å². The molecule has 0 spiro atoms. The lowest BCUT2D eigenvalue weighted by Gasteiger charge is -2.38. The number of aromatic nitrogens is 1. The quantitative estimate of drug-likeness (QED) is 0.647. The predicted molar refractivity (Wildman–Crippen MR) is 108 cm³/mol. The fourth-order valence-corrected chi connectivity index (χ4v) is 4.50. The third-order valence-corrected chi connectivity index (χ3v) is 6.22. The Kier molecular flexibility index (Phi) is 6.69. The van der Waals surface area contributed by atoms with Crippen molar-refractivity contribution in [1.29, 1.82) is 0 Å². The molecule has 2 N–H and O–H groups in total. The van der Waals surface area contributed by atoms with Crippen LogP contribution in [0.2, 0.25) is 0 Å². The largest absolute Gasteiger partial charge is 0.481 e. The fraction of sp³-hybridized carbons (Fsp3) is 0.556. The minimum Gasteiger partial charge on any atom is -0.481 e. The van der Waals surface area contributed by atoms with Crippen molar-refractivity contribution in [2.75, 3.05) is 25.1 Å². The average molecular weight is 427 g/mol. The number of methoxy groups -OCH3 is 1. The average Bonchev–Trinajstić information content (AvgIpc) is 3.27. The molecule has 2 aliphatic rings. The first kappa shape index (κ1) is 20.8. The highest BCUT2D eigenvalue weighted by atomic mass is 35.5. The Morgan fingerprint density at radius 1 is 1.50 bits per heavy atom. The van der Waals surface area contributed by atoms with E-state index in [9.17, 15) is 9.59 Å². The van der Waals surface area contributed by atoms with Gasteiger partial charge in [0.15, 0.2) is 5.13 Å². The summed E-state index contributed by atoms with van der Waals surface area (Å²) in [6, 6.07) is -0.139. The van der Waals surface area contributed by atoms with Crippen LogP contribution in [0.25, 0.3) is 0 Å². The molecule has 0 aromatic carbocycles. The van der Waals surface area contributed by atoms with E-state index in [1.165, 1.54) is 11.3 Å². The SMILES string of the molecule is CCC1=C(Cl)N=C(C(=O)N[C@@H]2CCN(c3nc(CC(=O)O)cs3)C[C@@H]2OC)C1. The molecule has 2 aliphatic heterocycles. The number of thiazole rings is 1. The van der Waals surface area contributed by atoms with Crippen LogP contribution in [-0.2, 0) is 20.7 Å². The minimum atomic E-state index is -0.899. The summed E-state index contributed by atoms with van der Waals surface area (Å²) in [5.74, 6) is -1.11. The Balaban J connectivity index is 1.59. The molecule has 0 saturated carbocycles. The van der Waals surface area contributed by atoms with Gasteiger partial charge >= 0.3 is 5.97 Å². The number of rotatable bonds is 7. The number of hydrogen-bond donors (Lipinski definition) is 2. The van der Waals surface area contributed by atoms with Crippen molar-refractivity contribution in [3.05, 3.63) is 21.8 Å². The van der Waals surface area contributed by atoms with Crippen molar-refractivity contribution < 1.29 is 19.4 Å². The Hall–Kier alpha value is -1.97. The van der Waals surface area contributed by atoms with Gasteiger partial charge in [-0.2, -0.15) is 0 Å². The number of allylic oxidation sites excluding steroid dienone is 1. The van der Waals surface area contributed by atoms with Gasteiger partial charge in [-0.05, 0) is 18.4 Å². The van der Waals surface area contributed by atoms with Crippen LogP contribution >= 0.6 is 22.9 Å². The van der Waals surface area contributed by atoms with E-state index in [-0.39, 0.29) is 24.5 Å². The molecule has 2 atom stereocenters. The summed E-state index contributed by atoms with van der Waals surface area (Å²) in [6.07, 6.45) is 1.65. The highest BCUT2D eigenvalue weighted by molar-refractivity contribution is 7.13. The van der Waals surface area contributed by atoms with E-state index in [2.05, 4.69) is 20.2 Å². The lowest BCUT2D eigenvalue weighted by atomic mass is 10.0. The van der Waals surface area contributed by atoms with Gasteiger partial charge in [-0.15, -0.1) is 11.3 Å². The molecule has 1 aromatic rings. The van der Waals surface area contributed by atoms with Gasteiger partial charge in [-0.25, -0.2) is 9.98 Å². The molecule has 0 bridgehead atoms. The minimum absolute atomic E-state index is 0.0881. The molecule has 0 radical (unpaired) electrons. The molecule has 1 fully saturated rings. The van der Waals surface area contributed by atoms with E-state index < -0.39 is 5.97 Å². The Bertz CT molecular complexity index is 822. The lowest BCUT2D eigenvalue weighted by Crippen LogP contribution is -2.55. The summed E-state index contributed by atoms with van der Waals surface area (Å²) in [5, 5.41) is 14.9. The number of ether oxygens (including phenoxy) is 1. The van der Waals surface area contributed by atoms with Crippen molar-refractivity contribution in [3.8, 4) is 0 Å². The highest BCUT2D eigenvalue weighted by Crippen LogP contribution is 2.27. The third-order valence-electron chi connectivity index (χ3n) is 4.92. The van der Waals surface area contributed by atoms with Gasteiger partial charge < -0.3 is 20.1 Å². The van der Waals surface area contributed by atoms with Crippen molar-refractivity contribution in [2.45, 2.75) is 44.8 Å². The van der Waals surface area contributed by atoms with Crippen LogP contribution in [0.3, 0.4) is 0 Å². The number of carbonyl (C=O) groups excluding carboxylic acids is 1. The number of carboxylic acids is 1. The van der Waals surface area contributed by atoms with E-state index in [1.54, 1.807) is 12.5 Å². The van der Waals surface area contributed by atoms with E-state index in [4.69, 9.17) is 21.4 Å². The number of piperidine rings is 1. The van der Waals surface area contributed by atoms with Gasteiger partial charge in [0, 0.05) is 32.0 Å². The Morgan fingerprint density at radius 2 is 2.29 bits per heavy atom. The first-order valence-corrected chi connectivity index (χ1v) is 10.4. The van der Waals surface area contributed by atoms with Crippen LogP contribution in [0.5, 0.6) is 0 Å². The monoisotopic (exact) mass is 426 g/mol. The normalized spacial score (nSPS) is 22.4. The van der Waals surface area contributed by atoms with E-state index in [1.807, 2.05) is 6.92 Å². The number of aliphatic imine (C=N–C) groups is 1. The summed E-state index contributed by atoms with van der Waals surface area (Å²) in [4.78, 5) is 34.1. The number of halogens is 1. The van der Waals surface area contributed by atoms with Crippen LogP contribution in [-0.4, -0.2) is 60.0 Å². The van der Waals surface area contributed by atoms with Gasteiger partial charge in [0.25, 0.3) is 5.91 Å². The number of nitrogens with zero attached hydrogens (tertiary/aromatic N) is 3. The summed E-state index contributed by atoms with van der Waals surface area (Å²) < 4.78 is 5.60. The summed E-state index contributed by atoms with van der Waals surface area (Å²) in [7, 11) is 1.62. The van der Waals surface area contributed by atoms with E-state index in [0.29, 0.717) is 42.5 Å². The molecule has 1 aromatic heterocycles. The molecule has 8 nitrogen and oxygen atoms in total. The molecule has 10 heteroatoms. The van der Waals surface area contributed by atoms with Crippen LogP contribution in [0, 0.1) is 0 Å². The second-order valence-electron chi connectivity index (χ2n) is 6.76. The molecule has 1 saturated heterocycles. The second-order valence-corrected chi connectivity index (χ2v) is 7.96. The molecule has 3 heterocycles. The zero-order valence-electron chi connectivity index (χ0n) is 15.8. The van der Waals surface area contributed by atoms with Gasteiger partial charge in [0.1, 0.15) is 10.9 Å². The Morgan fingerprint density at radius 3 is 2.93 bits per heavy atom. The highest BCUT2D eigenvalue weighted by Gasteiger charge is 2.33. The summed E-state index contributed by atoms with van der Waals surface area (Å²) in [5.41, 5.74) is 1.97. The number of hydrogen-bond acceptors (Lipinski definition) is 7. The van der Waals surface area contributed by atoms with Crippen LogP contribution in [0.1, 0.15) is 31.9 Å².